The smallest absolute Gasteiger partial charge is 0.129 e. The van der Waals surface area contributed by atoms with Gasteiger partial charge >= 0.3 is 0 Å². The molecule has 0 aliphatic heterocycles. The number of anilines is 1. The zero-order valence-corrected chi connectivity index (χ0v) is 11.7. The average molecular weight is 268 g/mol. The van der Waals surface area contributed by atoms with E-state index < -0.39 is 0 Å². The van der Waals surface area contributed by atoms with Crippen LogP contribution in [0.4, 0.5) is 10.1 Å². The van der Waals surface area contributed by atoms with Crippen LogP contribution in [0.3, 0.4) is 0 Å². The lowest BCUT2D eigenvalue weighted by atomic mass is 10.0. The molecule has 0 aliphatic carbocycles. The van der Waals surface area contributed by atoms with Gasteiger partial charge in [0.1, 0.15) is 5.82 Å². The van der Waals surface area contributed by atoms with Gasteiger partial charge in [-0.1, -0.05) is 37.3 Å². The van der Waals surface area contributed by atoms with Crippen LogP contribution in [0.25, 0.3) is 0 Å². The highest BCUT2D eigenvalue weighted by atomic mass is 19.1. The minimum absolute atomic E-state index is 0.100. The minimum atomic E-state index is -0.352. The van der Waals surface area contributed by atoms with E-state index >= 15 is 0 Å². The number of nitriles is 1. The van der Waals surface area contributed by atoms with Gasteiger partial charge in [-0.15, -0.1) is 0 Å². The van der Waals surface area contributed by atoms with Gasteiger partial charge in [0, 0.05) is 11.3 Å². The second kappa shape index (κ2) is 6.21. The van der Waals surface area contributed by atoms with Crippen LogP contribution in [-0.4, -0.2) is 0 Å². The van der Waals surface area contributed by atoms with Crippen LogP contribution in [0.5, 0.6) is 0 Å². The van der Waals surface area contributed by atoms with E-state index in [1.54, 1.807) is 13.0 Å². The third-order valence-electron chi connectivity index (χ3n) is 3.41. The Morgan fingerprint density at radius 1 is 1.25 bits per heavy atom. The van der Waals surface area contributed by atoms with Crippen molar-refractivity contribution in [2.24, 2.45) is 0 Å². The molecule has 3 heteroatoms. The molecule has 2 rings (SSSR count). The molecule has 0 radical (unpaired) electrons. The third kappa shape index (κ3) is 2.97. The predicted octanol–water partition coefficient (Wildman–Crippen LogP) is 4.57. The Morgan fingerprint density at radius 3 is 2.55 bits per heavy atom. The minimum Gasteiger partial charge on any atom is -0.378 e. The summed E-state index contributed by atoms with van der Waals surface area (Å²) in [6.45, 7) is 3.79. The van der Waals surface area contributed by atoms with Gasteiger partial charge in [0.05, 0.1) is 17.7 Å². The first-order chi connectivity index (χ1) is 9.65. The van der Waals surface area contributed by atoms with Crippen molar-refractivity contribution in [3.63, 3.8) is 0 Å². The Labute approximate surface area is 118 Å². The monoisotopic (exact) mass is 268 g/mol. The summed E-state index contributed by atoms with van der Waals surface area (Å²) in [6, 6.07) is 15.1. The molecule has 0 aliphatic rings. The Bertz CT molecular complexity index is 629. The molecule has 20 heavy (non-hydrogen) atoms. The molecule has 2 nitrogen and oxygen atoms in total. The number of hydrogen-bond donors (Lipinski definition) is 1. The van der Waals surface area contributed by atoms with Gasteiger partial charge in [-0.3, -0.25) is 0 Å². The highest BCUT2D eigenvalue weighted by Gasteiger charge is 2.13. The maximum absolute atomic E-state index is 13.8. The second-order valence-corrected chi connectivity index (χ2v) is 4.76. The maximum Gasteiger partial charge on any atom is 0.129 e. The summed E-state index contributed by atoms with van der Waals surface area (Å²) in [5.41, 5.74) is 2.70. The first kappa shape index (κ1) is 14.1. The molecule has 102 valence electrons. The Balaban J connectivity index is 2.33. The fraction of sp³-hybridized carbons (Fsp3) is 0.235. The topological polar surface area (TPSA) is 35.8 Å². The zero-order valence-electron chi connectivity index (χ0n) is 11.7. The van der Waals surface area contributed by atoms with Crippen LogP contribution in [0, 0.1) is 24.1 Å². The highest BCUT2D eigenvalue weighted by Crippen LogP contribution is 2.27. The molecule has 0 fully saturated rings. The van der Waals surface area contributed by atoms with Crippen LogP contribution in [-0.2, 0) is 0 Å². The summed E-state index contributed by atoms with van der Waals surface area (Å²) in [4.78, 5) is 0. The molecule has 0 heterocycles. The summed E-state index contributed by atoms with van der Waals surface area (Å²) >= 11 is 0. The van der Waals surface area contributed by atoms with E-state index in [1.165, 1.54) is 6.07 Å². The van der Waals surface area contributed by atoms with Crippen LogP contribution in [0.1, 0.15) is 36.1 Å². The molecule has 0 spiro atoms. The van der Waals surface area contributed by atoms with E-state index in [0.717, 1.165) is 12.0 Å². The summed E-state index contributed by atoms with van der Waals surface area (Å²) < 4.78 is 13.8. The number of benzene rings is 2. The fourth-order valence-corrected chi connectivity index (χ4v) is 2.19. The highest BCUT2D eigenvalue weighted by molar-refractivity contribution is 5.57. The maximum atomic E-state index is 13.8. The Kier molecular flexibility index (Phi) is 4.37. The third-order valence-corrected chi connectivity index (χ3v) is 3.41. The lowest BCUT2D eigenvalue weighted by Crippen LogP contribution is -2.11. The Morgan fingerprint density at radius 2 is 1.95 bits per heavy atom. The molecule has 1 N–H and O–H groups in total. The summed E-state index contributed by atoms with van der Waals surface area (Å²) in [5, 5.41) is 12.3. The van der Waals surface area contributed by atoms with Gasteiger partial charge in [0.15, 0.2) is 0 Å². The van der Waals surface area contributed by atoms with Gasteiger partial charge in [-0.05, 0) is 31.0 Å². The standard InChI is InChI=1S/C17H17FN2/c1-3-16(14-7-5-4-6-8-14)20-17-10-13(11-19)9-15(18)12(17)2/h4-10,16,20H,3H2,1-2H3. The molecule has 2 aromatic rings. The molecule has 0 bridgehead atoms. The Hall–Kier alpha value is -2.34. The van der Waals surface area contributed by atoms with E-state index in [0.29, 0.717) is 16.8 Å². The summed E-state index contributed by atoms with van der Waals surface area (Å²) in [7, 11) is 0. The molecular weight excluding hydrogens is 251 g/mol. The van der Waals surface area contributed by atoms with Crippen molar-refractivity contribution < 1.29 is 4.39 Å². The number of rotatable bonds is 4. The van der Waals surface area contributed by atoms with E-state index in [2.05, 4.69) is 12.2 Å². The van der Waals surface area contributed by atoms with Crippen molar-refractivity contribution in [3.05, 3.63) is 65.0 Å². The first-order valence-electron chi connectivity index (χ1n) is 6.67. The fourth-order valence-electron chi connectivity index (χ4n) is 2.19. The normalized spacial score (nSPS) is 11.7. The van der Waals surface area contributed by atoms with Crippen LogP contribution >= 0.6 is 0 Å². The van der Waals surface area contributed by atoms with Crippen molar-refractivity contribution in [2.75, 3.05) is 5.32 Å². The molecule has 0 amide bonds. The summed E-state index contributed by atoms with van der Waals surface area (Å²) in [5.74, 6) is -0.352. The number of nitrogens with zero attached hydrogens (tertiary/aromatic N) is 1. The van der Waals surface area contributed by atoms with E-state index in [1.807, 2.05) is 36.4 Å². The average Bonchev–Trinajstić information content (AvgIpc) is 2.49. The molecule has 1 atom stereocenters. The van der Waals surface area contributed by atoms with Gasteiger partial charge in [-0.25, -0.2) is 4.39 Å². The van der Waals surface area contributed by atoms with Crippen molar-refractivity contribution in [2.45, 2.75) is 26.3 Å². The van der Waals surface area contributed by atoms with Crippen molar-refractivity contribution in [1.29, 1.82) is 5.26 Å². The van der Waals surface area contributed by atoms with E-state index in [-0.39, 0.29) is 11.9 Å². The molecule has 0 aromatic heterocycles. The number of nitrogens with one attached hydrogen (secondary N) is 1. The molecular formula is C17H17FN2. The first-order valence-corrected chi connectivity index (χ1v) is 6.67. The SMILES string of the molecule is CCC(Nc1cc(C#N)cc(F)c1C)c1ccccc1. The van der Waals surface area contributed by atoms with Crippen molar-refractivity contribution >= 4 is 5.69 Å². The van der Waals surface area contributed by atoms with Gasteiger partial charge < -0.3 is 5.32 Å². The van der Waals surface area contributed by atoms with Crippen molar-refractivity contribution in [3.8, 4) is 6.07 Å². The predicted molar refractivity (Wildman–Crippen MR) is 78.9 cm³/mol. The number of halogens is 1. The van der Waals surface area contributed by atoms with Gasteiger partial charge in [0.2, 0.25) is 0 Å². The molecule has 2 aromatic carbocycles. The second-order valence-electron chi connectivity index (χ2n) is 4.76. The summed E-state index contributed by atoms with van der Waals surface area (Å²) in [6.07, 6.45) is 0.877. The van der Waals surface area contributed by atoms with E-state index in [9.17, 15) is 4.39 Å². The van der Waals surface area contributed by atoms with Gasteiger partial charge in [-0.2, -0.15) is 5.26 Å². The van der Waals surface area contributed by atoms with Gasteiger partial charge in [0.25, 0.3) is 0 Å². The molecule has 0 saturated carbocycles. The van der Waals surface area contributed by atoms with Crippen molar-refractivity contribution in [1.82, 2.24) is 0 Å². The lowest BCUT2D eigenvalue weighted by Gasteiger charge is -2.20. The van der Waals surface area contributed by atoms with E-state index in [4.69, 9.17) is 5.26 Å². The van der Waals surface area contributed by atoms with Crippen LogP contribution < -0.4 is 5.32 Å². The zero-order chi connectivity index (χ0) is 14.5. The molecule has 0 saturated heterocycles. The largest absolute Gasteiger partial charge is 0.378 e. The van der Waals surface area contributed by atoms with Crippen LogP contribution in [0.15, 0.2) is 42.5 Å². The lowest BCUT2D eigenvalue weighted by molar-refractivity contribution is 0.617. The molecule has 1 unspecified atom stereocenters. The quantitative estimate of drug-likeness (QED) is 0.881. The number of hydrogen-bond acceptors (Lipinski definition) is 2. The van der Waals surface area contributed by atoms with Crippen LogP contribution in [0.2, 0.25) is 0 Å².